The number of nitriles is 1. The first kappa shape index (κ1) is 25.0. The van der Waals surface area contributed by atoms with Gasteiger partial charge in [-0.15, -0.1) is 0 Å². The van der Waals surface area contributed by atoms with Gasteiger partial charge in [0.1, 0.15) is 11.4 Å². The Labute approximate surface area is 235 Å². The number of ether oxygens (including phenoxy) is 1. The maximum Gasteiger partial charge on any atom is 0.265 e. The van der Waals surface area contributed by atoms with Crippen LogP contribution in [0.25, 0.3) is 10.9 Å². The first-order valence-electron chi connectivity index (χ1n) is 13.3. The minimum absolute atomic E-state index is 0.135. The normalized spacial score (nSPS) is 16.4. The van der Waals surface area contributed by atoms with Crippen LogP contribution in [0.4, 0.5) is 17.1 Å². The smallest absolute Gasteiger partial charge is 0.265 e. The van der Waals surface area contributed by atoms with E-state index in [0.29, 0.717) is 12.2 Å². The molecule has 0 N–H and O–H groups in total. The Bertz CT molecular complexity index is 1620. The zero-order chi connectivity index (χ0) is 27.4. The van der Waals surface area contributed by atoms with E-state index in [0.717, 1.165) is 41.0 Å². The van der Waals surface area contributed by atoms with E-state index in [-0.39, 0.29) is 5.70 Å². The molecule has 192 valence electrons. The highest BCUT2D eigenvalue weighted by Gasteiger charge is 2.42. The summed E-state index contributed by atoms with van der Waals surface area (Å²) in [5, 5.41) is 9.60. The van der Waals surface area contributed by atoms with Crippen molar-refractivity contribution < 1.29 is 4.74 Å². The molecule has 1 heterocycles. The summed E-state index contributed by atoms with van der Waals surface area (Å²) in [6.45, 7) is 7.52. The Morgan fingerprint density at radius 3 is 1.85 bits per heavy atom. The SMILES string of the molecule is [C-]#[N+]/C(C#N)=C1C=C(/C=C/c2ccc(N(c3ccccc3)c3ccccc3)cc2)OC2(C\1)Cc1ccccc1C2. The highest BCUT2D eigenvalue weighted by molar-refractivity contribution is 5.77. The lowest BCUT2D eigenvalue weighted by Crippen LogP contribution is -2.36. The summed E-state index contributed by atoms with van der Waals surface area (Å²) in [5.41, 5.74) is 7.21. The van der Waals surface area contributed by atoms with Gasteiger partial charge in [-0.2, -0.15) is 0 Å². The molecule has 0 fully saturated rings. The van der Waals surface area contributed by atoms with Crippen molar-refractivity contribution >= 4 is 23.1 Å². The maximum atomic E-state index is 9.60. The fraction of sp³-hybridized carbons (Fsp3) is 0.111. The molecule has 0 unspecified atom stereocenters. The molecule has 4 nitrogen and oxygen atoms in total. The monoisotopic (exact) mass is 517 g/mol. The van der Waals surface area contributed by atoms with E-state index in [1.54, 1.807) is 0 Å². The van der Waals surface area contributed by atoms with Gasteiger partial charge in [-0.1, -0.05) is 78.9 Å². The van der Waals surface area contributed by atoms with Crippen molar-refractivity contribution in [2.24, 2.45) is 0 Å². The molecule has 0 aromatic heterocycles. The predicted molar refractivity (Wildman–Crippen MR) is 160 cm³/mol. The molecular weight excluding hydrogens is 490 g/mol. The third-order valence-corrected chi connectivity index (χ3v) is 7.45. The molecule has 0 atom stereocenters. The number of rotatable bonds is 5. The zero-order valence-electron chi connectivity index (χ0n) is 22.0. The van der Waals surface area contributed by atoms with Gasteiger partial charge in [-0.25, -0.2) is 10.1 Å². The molecule has 1 spiro atoms. The molecule has 1 aliphatic carbocycles. The number of allylic oxidation sites excluding steroid dienone is 3. The molecular formula is C36H27N3O. The van der Waals surface area contributed by atoms with Gasteiger partial charge in [0.15, 0.2) is 0 Å². The van der Waals surface area contributed by atoms with Crippen LogP contribution in [0, 0.1) is 17.9 Å². The Morgan fingerprint density at radius 2 is 1.30 bits per heavy atom. The lowest BCUT2D eigenvalue weighted by molar-refractivity contribution is 0.0108. The van der Waals surface area contributed by atoms with Crippen LogP contribution in [-0.4, -0.2) is 5.60 Å². The molecule has 40 heavy (non-hydrogen) atoms. The van der Waals surface area contributed by atoms with Crippen LogP contribution < -0.4 is 4.90 Å². The number of fused-ring (bicyclic) bond motifs is 1. The Morgan fingerprint density at radius 1 is 0.750 bits per heavy atom. The van der Waals surface area contributed by atoms with E-state index >= 15 is 0 Å². The van der Waals surface area contributed by atoms with E-state index in [1.807, 2.05) is 66.8 Å². The first-order valence-corrected chi connectivity index (χ1v) is 13.3. The molecule has 2 aliphatic rings. The molecule has 0 bridgehead atoms. The number of hydrogen-bond donors (Lipinski definition) is 0. The number of hydrogen-bond acceptors (Lipinski definition) is 3. The number of para-hydroxylation sites is 2. The largest absolute Gasteiger partial charge is 0.486 e. The van der Waals surface area contributed by atoms with Gasteiger partial charge in [0, 0.05) is 36.3 Å². The van der Waals surface area contributed by atoms with Crippen molar-refractivity contribution in [2.45, 2.75) is 24.9 Å². The zero-order valence-corrected chi connectivity index (χ0v) is 22.0. The molecule has 0 radical (unpaired) electrons. The fourth-order valence-corrected chi connectivity index (χ4v) is 5.66. The predicted octanol–water partition coefficient (Wildman–Crippen LogP) is 8.71. The number of benzene rings is 4. The van der Waals surface area contributed by atoms with Gasteiger partial charge in [0.25, 0.3) is 5.70 Å². The summed E-state index contributed by atoms with van der Waals surface area (Å²) in [7, 11) is 0. The topological polar surface area (TPSA) is 40.6 Å². The minimum atomic E-state index is -0.476. The van der Waals surface area contributed by atoms with Gasteiger partial charge >= 0.3 is 0 Å². The average Bonchev–Trinajstić information content (AvgIpc) is 3.35. The van der Waals surface area contributed by atoms with Crippen molar-refractivity contribution in [1.82, 2.24) is 0 Å². The van der Waals surface area contributed by atoms with Crippen molar-refractivity contribution in [3.8, 4) is 6.07 Å². The lowest BCUT2D eigenvalue weighted by Gasteiger charge is -2.35. The van der Waals surface area contributed by atoms with E-state index in [1.165, 1.54) is 11.1 Å². The van der Waals surface area contributed by atoms with Crippen LogP contribution in [0.5, 0.6) is 0 Å². The van der Waals surface area contributed by atoms with Crippen LogP contribution in [-0.2, 0) is 17.6 Å². The lowest BCUT2D eigenvalue weighted by atomic mass is 9.87. The van der Waals surface area contributed by atoms with Gasteiger partial charge < -0.3 is 9.64 Å². The van der Waals surface area contributed by atoms with Crippen molar-refractivity contribution in [1.29, 1.82) is 5.26 Å². The summed E-state index contributed by atoms with van der Waals surface area (Å²) in [4.78, 5) is 5.73. The van der Waals surface area contributed by atoms with Crippen LogP contribution in [0.15, 0.2) is 138 Å². The van der Waals surface area contributed by atoms with E-state index < -0.39 is 5.60 Å². The highest BCUT2D eigenvalue weighted by atomic mass is 16.5. The van der Waals surface area contributed by atoms with Crippen LogP contribution in [0.2, 0.25) is 0 Å². The van der Waals surface area contributed by atoms with E-state index in [9.17, 15) is 5.26 Å². The number of nitrogens with zero attached hydrogens (tertiary/aromatic N) is 3. The summed E-state index contributed by atoms with van der Waals surface area (Å²) in [6.07, 6.45) is 7.89. The molecule has 0 amide bonds. The summed E-state index contributed by atoms with van der Waals surface area (Å²) in [5.74, 6) is 0.671. The number of anilines is 3. The second-order valence-electron chi connectivity index (χ2n) is 10.2. The van der Waals surface area contributed by atoms with Crippen molar-refractivity contribution in [3.63, 3.8) is 0 Å². The standard InChI is InChI=1S/C36H27N3O/c1-38-35(26-37)30-22-34(40-36(25-30)23-28-10-8-9-11-29(28)24-36)21-18-27-16-19-33(20-17-27)39(31-12-4-2-5-13-31)32-14-6-3-7-15-32/h2-22H,23-25H2/b21-18+,35-30+. The van der Waals surface area contributed by atoms with Crippen LogP contribution in [0.3, 0.4) is 0 Å². The van der Waals surface area contributed by atoms with E-state index in [2.05, 4.69) is 76.5 Å². The summed E-state index contributed by atoms with van der Waals surface area (Å²) in [6, 6.07) is 39.5. The average molecular weight is 518 g/mol. The molecule has 0 saturated heterocycles. The molecule has 4 aromatic carbocycles. The Balaban J connectivity index is 1.29. The molecule has 6 rings (SSSR count). The molecule has 1 aliphatic heterocycles. The fourth-order valence-electron chi connectivity index (χ4n) is 5.66. The van der Waals surface area contributed by atoms with Gasteiger partial charge in [-0.3, -0.25) is 0 Å². The molecule has 4 heteroatoms. The van der Waals surface area contributed by atoms with Crippen molar-refractivity contribution in [2.75, 3.05) is 4.90 Å². The van der Waals surface area contributed by atoms with Crippen LogP contribution in [0.1, 0.15) is 23.1 Å². The highest BCUT2D eigenvalue weighted by Crippen LogP contribution is 2.43. The maximum absolute atomic E-state index is 9.60. The summed E-state index contributed by atoms with van der Waals surface area (Å²) >= 11 is 0. The first-order chi connectivity index (χ1) is 19.7. The van der Waals surface area contributed by atoms with Gasteiger partial charge in [-0.05, 0) is 70.8 Å². The van der Waals surface area contributed by atoms with Crippen LogP contribution >= 0.6 is 0 Å². The minimum Gasteiger partial charge on any atom is -0.486 e. The van der Waals surface area contributed by atoms with Crippen molar-refractivity contribution in [3.05, 3.63) is 166 Å². The molecule has 0 saturated carbocycles. The second kappa shape index (κ2) is 10.8. The quantitative estimate of drug-likeness (QED) is 0.196. The van der Waals surface area contributed by atoms with Gasteiger partial charge in [0.05, 0.1) is 12.6 Å². The van der Waals surface area contributed by atoms with Gasteiger partial charge in [0.2, 0.25) is 0 Å². The summed E-state index contributed by atoms with van der Waals surface area (Å²) < 4.78 is 6.61. The second-order valence-corrected chi connectivity index (χ2v) is 10.2. The third-order valence-electron chi connectivity index (χ3n) is 7.45. The Kier molecular flexibility index (Phi) is 6.75. The third kappa shape index (κ3) is 5.04. The molecule has 4 aromatic rings. The van der Waals surface area contributed by atoms with E-state index in [4.69, 9.17) is 11.3 Å². The Hall–Kier alpha value is -5.32.